The molecule has 1 fully saturated rings. The smallest absolute Gasteiger partial charge is 0.323 e. The number of carboxylic acids is 1. The number of carboxylic acid groups (broad SMARTS) is 1. The number of nitrogens with zero attached hydrogens (tertiary/aromatic N) is 1. The summed E-state index contributed by atoms with van der Waals surface area (Å²) in [5, 5.41) is 10.3. The molecule has 1 atom stereocenters. The molecule has 26 heavy (non-hydrogen) atoms. The van der Waals surface area contributed by atoms with E-state index in [0.29, 0.717) is 11.1 Å². The van der Waals surface area contributed by atoms with Gasteiger partial charge in [-0.2, -0.15) is 4.72 Å². The van der Waals surface area contributed by atoms with E-state index >= 15 is 0 Å². The fourth-order valence-corrected chi connectivity index (χ4v) is 4.18. The van der Waals surface area contributed by atoms with Crippen molar-refractivity contribution in [3.8, 4) is 5.75 Å². The van der Waals surface area contributed by atoms with E-state index in [-0.39, 0.29) is 17.9 Å². The summed E-state index contributed by atoms with van der Waals surface area (Å²) >= 11 is 0. The molecule has 0 radical (unpaired) electrons. The van der Waals surface area contributed by atoms with Gasteiger partial charge in [-0.1, -0.05) is 12.1 Å². The van der Waals surface area contributed by atoms with E-state index in [1.165, 1.54) is 19.2 Å². The highest BCUT2D eigenvalue weighted by molar-refractivity contribution is 7.89. The lowest BCUT2D eigenvalue weighted by Crippen LogP contribution is -2.42. The summed E-state index contributed by atoms with van der Waals surface area (Å²) in [6.07, 6.45) is 0.229. The van der Waals surface area contributed by atoms with Gasteiger partial charge in [0.1, 0.15) is 18.3 Å². The van der Waals surface area contributed by atoms with E-state index in [1.54, 1.807) is 18.2 Å². The van der Waals surface area contributed by atoms with Gasteiger partial charge in [-0.3, -0.25) is 9.59 Å². The Bertz CT molecular complexity index is 972. The standard InChI is InChI=1S/C17H18N2O6S/c1-25-13-4-2-11-3-5-14(9-12(11)8-13)26(23,24)18-15-6-7-19(17(15)22)10-16(20)21/h2-5,8-9,15,18H,6-7,10H2,1H3,(H,20,21). The van der Waals surface area contributed by atoms with Gasteiger partial charge in [0, 0.05) is 6.54 Å². The van der Waals surface area contributed by atoms with Crippen molar-refractivity contribution in [2.24, 2.45) is 0 Å². The molecule has 8 nitrogen and oxygen atoms in total. The van der Waals surface area contributed by atoms with Crippen molar-refractivity contribution in [3.63, 3.8) is 0 Å². The van der Waals surface area contributed by atoms with Gasteiger partial charge < -0.3 is 14.7 Å². The monoisotopic (exact) mass is 378 g/mol. The SMILES string of the molecule is COc1ccc2ccc(S(=O)(=O)NC3CCN(CC(=O)O)C3=O)cc2c1. The first-order valence-corrected chi connectivity index (χ1v) is 9.39. The topological polar surface area (TPSA) is 113 Å². The van der Waals surface area contributed by atoms with Crippen LogP contribution in [0, 0.1) is 0 Å². The molecule has 0 aliphatic carbocycles. The Balaban J connectivity index is 1.83. The fraction of sp³-hybridized carbons (Fsp3) is 0.294. The third-order valence-electron chi connectivity index (χ3n) is 4.25. The lowest BCUT2D eigenvalue weighted by Gasteiger charge is -2.15. The molecule has 2 aromatic carbocycles. The average Bonchev–Trinajstić information content (AvgIpc) is 2.93. The molecule has 138 valence electrons. The number of hydrogen-bond acceptors (Lipinski definition) is 5. The van der Waals surface area contributed by atoms with Crippen molar-refractivity contribution in [2.45, 2.75) is 17.4 Å². The number of ether oxygens (including phenoxy) is 1. The van der Waals surface area contributed by atoms with Gasteiger partial charge in [-0.15, -0.1) is 0 Å². The number of fused-ring (bicyclic) bond motifs is 1. The van der Waals surface area contributed by atoms with E-state index in [0.717, 1.165) is 10.3 Å². The molecule has 1 saturated heterocycles. The molecule has 2 aromatic rings. The number of amides is 1. The second-order valence-corrected chi connectivity index (χ2v) is 7.70. The first-order valence-electron chi connectivity index (χ1n) is 7.91. The van der Waals surface area contributed by atoms with E-state index in [9.17, 15) is 18.0 Å². The van der Waals surface area contributed by atoms with Gasteiger partial charge in [-0.25, -0.2) is 8.42 Å². The molecule has 0 bridgehead atoms. The summed E-state index contributed by atoms with van der Waals surface area (Å²) in [4.78, 5) is 24.1. The van der Waals surface area contributed by atoms with Crippen LogP contribution < -0.4 is 9.46 Å². The highest BCUT2D eigenvalue weighted by atomic mass is 32.2. The molecule has 0 aromatic heterocycles. The minimum atomic E-state index is -3.93. The number of likely N-dealkylation sites (tertiary alicyclic amines) is 1. The first-order chi connectivity index (χ1) is 12.3. The lowest BCUT2D eigenvalue weighted by atomic mass is 10.1. The van der Waals surface area contributed by atoms with Crippen LogP contribution in [0.1, 0.15) is 6.42 Å². The molecule has 1 aliphatic heterocycles. The summed E-state index contributed by atoms with van der Waals surface area (Å²) in [6, 6.07) is 9.02. The van der Waals surface area contributed by atoms with E-state index < -0.39 is 34.5 Å². The van der Waals surface area contributed by atoms with Crippen LogP contribution in [-0.4, -0.2) is 56.5 Å². The van der Waals surface area contributed by atoms with Crippen LogP contribution in [0.25, 0.3) is 10.8 Å². The van der Waals surface area contributed by atoms with Crippen molar-refractivity contribution in [1.29, 1.82) is 0 Å². The third kappa shape index (κ3) is 3.63. The van der Waals surface area contributed by atoms with Gasteiger partial charge in [0.2, 0.25) is 15.9 Å². The van der Waals surface area contributed by atoms with Crippen molar-refractivity contribution in [1.82, 2.24) is 9.62 Å². The Morgan fingerprint density at radius 1 is 1.27 bits per heavy atom. The summed E-state index contributed by atoms with van der Waals surface area (Å²) in [5.74, 6) is -1.06. The Morgan fingerprint density at radius 3 is 2.69 bits per heavy atom. The van der Waals surface area contributed by atoms with Crippen molar-refractivity contribution >= 4 is 32.7 Å². The number of aliphatic carboxylic acids is 1. The Morgan fingerprint density at radius 2 is 2.00 bits per heavy atom. The predicted molar refractivity (Wildman–Crippen MR) is 93.4 cm³/mol. The molecular weight excluding hydrogens is 360 g/mol. The van der Waals surface area contributed by atoms with Crippen LogP contribution in [0.4, 0.5) is 0 Å². The zero-order chi connectivity index (χ0) is 18.9. The van der Waals surface area contributed by atoms with E-state index in [1.807, 2.05) is 6.07 Å². The molecule has 1 unspecified atom stereocenters. The number of hydrogen-bond donors (Lipinski definition) is 2. The molecule has 9 heteroatoms. The molecule has 3 rings (SSSR count). The minimum Gasteiger partial charge on any atom is -0.497 e. The third-order valence-corrected chi connectivity index (χ3v) is 5.72. The van der Waals surface area contributed by atoms with Gasteiger partial charge in [0.25, 0.3) is 0 Å². The number of benzene rings is 2. The first kappa shape index (κ1) is 18.2. The average molecular weight is 378 g/mol. The second-order valence-electron chi connectivity index (χ2n) is 5.99. The molecule has 2 N–H and O–H groups in total. The Kier molecular flexibility index (Phi) is 4.84. The van der Waals surface area contributed by atoms with Gasteiger partial charge in [0.15, 0.2) is 0 Å². The highest BCUT2D eigenvalue weighted by Gasteiger charge is 2.35. The molecular formula is C17H18N2O6S. The largest absolute Gasteiger partial charge is 0.497 e. The highest BCUT2D eigenvalue weighted by Crippen LogP contribution is 2.24. The minimum absolute atomic E-state index is 0.0303. The number of carbonyl (C=O) groups is 2. The fourth-order valence-electron chi connectivity index (χ4n) is 2.92. The van der Waals surface area contributed by atoms with Crippen LogP contribution in [0.15, 0.2) is 41.3 Å². The zero-order valence-corrected chi connectivity index (χ0v) is 14.8. The number of carbonyl (C=O) groups excluding carboxylic acids is 1. The number of methoxy groups -OCH3 is 1. The van der Waals surface area contributed by atoms with Gasteiger partial charge in [0.05, 0.1) is 12.0 Å². The Hall–Kier alpha value is -2.65. The second kappa shape index (κ2) is 6.93. The van der Waals surface area contributed by atoms with Gasteiger partial charge in [-0.05, 0) is 41.5 Å². The maximum atomic E-state index is 12.6. The molecule has 0 spiro atoms. The van der Waals surface area contributed by atoms with E-state index in [4.69, 9.17) is 9.84 Å². The normalized spacial score (nSPS) is 17.7. The Labute approximate surface area is 150 Å². The van der Waals surface area contributed by atoms with Crippen LogP contribution in [-0.2, 0) is 19.6 Å². The molecule has 1 heterocycles. The maximum Gasteiger partial charge on any atom is 0.323 e. The summed E-state index contributed by atoms with van der Waals surface area (Å²) in [6.45, 7) is -0.236. The van der Waals surface area contributed by atoms with E-state index in [2.05, 4.69) is 4.72 Å². The molecule has 1 aliphatic rings. The van der Waals surface area contributed by atoms with Crippen molar-refractivity contribution in [3.05, 3.63) is 36.4 Å². The quantitative estimate of drug-likeness (QED) is 0.769. The number of nitrogens with one attached hydrogen (secondary N) is 1. The maximum absolute atomic E-state index is 12.6. The van der Waals surface area contributed by atoms with Crippen molar-refractivity contribution in [2.75, 3.05) is 20.2 Å². The summed E-state index contributed by atoms with van der Waals surface area (Å²) in [5.41, 5.74) is 0. The lowest BCUT2D eigenvalue weighted by molar-refractivity contribution is -0.143. The van der Waals surface area contributed by atoms with Crippen LogP contribution in [0.3, 0.4) is 0 Å². The van der Waals surface area contributed by atoms with Crippen LogP contribution >= 0.6 is 0 Å². The molecule has 0 saturated carbocycles. The number of sulfonamides is 1. The zero-order valence-electron chi connectivity index (χ0n) is 14.0. The van der Waals surface area contributed by atoms with Gasteiger partial charge >= 0.3 is 5.97 Å². The summed E-state index contributed by atoms with van der Waals surface area (Å²) < 4.78 is 32.8. The number of rotatable bonds is 6. The molecule has 1 amide bonds. The summed E-state index contributed by atoms with van der Waals surface area (Å²) in [7, 11) is -2.40. The van der Waals surface area contributed by atoms with Crippen molar-refractivity contribution < 1.29 is 27.9 Å². The predicted octanol–water partition coefficient (Wildman–Crippen LogP) is 0.812. The van der Waals surface area contributed by atoms with Crippen LogP contribution in [0.2, 0.25) is 0 Å². The van der Waals surface area contributed by atoms with Crippen LogP contribution in [0.5, 0.6) is 5.75 Å².